The zero-order valence-corrected chi connectivity index (χ0v) is 27.8. The molecule has 0 bridgehead atoms. The molecule has 0 spiro atoms. The SMILES string of the molecule is O=C(O)[C@H](Cc1ccc(-c2ccccc2)cc1)NC(=O)[C@@H]1Cc2ccc(OCc3ccc(F)c(C(F)(F)F)c3)cc2CN1C(=O)CC1CCCC1. The van der Waals surface area contributed by atoms with Crippen LogP contribution in [0.1, 0.15) is 59.9 Å². The highest BCUT2D eigenvalue weighted by molar-refractivity contribution is 5.91. The molecule has 4 aromatic carbocycles. The van der Waals surface area contributed by atoms with Gasteiger partial charge in [0.15, 0.2) is 0 Å². The van der Waals surface area contributed by atoms with Crippen LogP contribution < -0.4 is 10.1 Å². The monoisotopic (exact) mass is 702 g/mol. The van der Waals surface area contributed by atoms with Crippen LogP contribution in [-0.2, 0) is 46.6 Å². The number of rotatable bonds is 11. The highest BCUT2D eigenvalue weighted by Crippen LogP contribution is 2.34. The number of aliphatic carboxylic acids is 1. The second-order valence-electron chi connectivity index (χ2n) is 13.3. The Morgan fingerprint density at radius 2 is 1.55 bits per heavy atom. The van der Waals surface area contributed by atoms with Crippen LogP contribution in [0.2, 0.25) is 0 Å². The third kappa shape index (κ3) is 8.76. The summed E-state index contributed by atoms with van der Waals surface area (Å²) in [4.78, 5) is 41.5. The van der Waals surface area contributed by atoms with Crippen molar-refractivity contribution in [1.82, 2.24) is 10.2 Å². The highest BCUT2D eigenvalue weighted by atomic mass is 19.4. The van der Waals surface area contributed by atoms with Crippen molar-refractivity contribution < 1.29 is 41.8 Å². The van der Waals surface area contributed by atoms with Gasteiger partial charge in [-0.25, -0.2) is 9.18 Å². The van der Waals surface area contributed by atoms with E-state index < -0.39 is 41.5 Å². The molecule has 266 valence electrons. The molecule has 6 rings (SSSR count). The number of hydrogen-bond donors (Lipinski definition) is 2. The van der Waals surface area contributed by atoms with Crippen LogP contribution in [0.3, 0.4) is 0 Å². The first-order valence-corrected chi connectivity index (χ1v) is 17.0. The molecule has 0 radical (unpaired) electrons. The number of nitrogens with zero attached hydrogens (tertiary/aromatic N) is 1. The van der Waals surface area contributed by atoms with Gasteiger partial charge < -0.3 is 20.1 Å². The van der Waals surface area contributed by atoms with E-state index in [9.17, 15) is 37.1 Å². The molecule has 2 N–H and O–H groups in total. The first kappa shape index (κ1) is 35.6. The van der Waals surface area contributed by atoms with Gasteiger partial charge in [0.1, 0.15) is 30.3 Å². The van der Waals surface area contributed by atoms with Crippen LogP contribution in [-0.4, -0.2) is 39.9 Å². The molecule has 11 heteroatoms. The normalized spacial score (nSPS) is 16.7. The third-order valence-corrected chi connectivity index (χ3v) is 9.73. The molecule has 0 unspecified atom stereocenters. The summed E-state index contributed by atoms with van der Waals surface area (Å²) in [7, 11) is 0. The zero-order chi connectivity index (χ0) is 36.1. The van der Waals surface area contributed by atoms with Gasteiger partial charge >= 0.3 is 12.1 Å². The fraction of sp³-hybridized carbons (Fsp3) is 0.325. The number of carboxylic acid groups (broad SMARTS) is 1. The number of benzene rings is 4. The topological polar surface area (TPSA) is 95.9 Å². The molecule has 1 aliphatic heterocycles. The van der Waals surface area contributed by atoms with Crippen LogP contribution in [0.15, 0.2) is 91.0 Å². The number of carbonyl (C=O) groups is 3. The molecule has 2 atom stereocenters. The Kier molecular flexibility index (Phi) is 10.7. The number of ether oxygens (including phenoxy) is 1. The van der Waals surface area contributed by atoms with E-state index in [-0.39, 0.29) is 49.8 Å². The lowest BCUT2D eigenvalue weighted by Gasteiger charge is -2.37. The van der Waals surface area contributed by atoms with Crippen LogP contribution >= 0.6 is 0 Å². The van der Waals surface area contributed by atoms with Gasteiger partial charge in [-0.05, 0) is 76.4 Å². The Bertz CT molecular complexity index is 1870. The average molecular weight is 703 g/mol. The van der Waals surface area contributed by atoms with Gasteiger partial charge in [-0.3, -0.25) is 9.59 Å². The summed E-state index contributed by atoms with van der Waals surface area (Å²) < 4.78 is 59.1. The predicted molar refractivity (Wildman–Crippen MR) is 182 cm³/mol. The lowest BCUT2D eigenvalue weighted by Crippen LogP contribution is -2.56. The van der Waals surface area contributed by atoms with Crippen molar-refractivity contribution in [3.8, 4) is 16.9 Å². The van der Waals surface area contributed by atoms with Crippen LogP contribution in [0.25, 0.3) is 11.1 Å². The molecule has 2 aliphatic rings. The molecule has 7 nitrogen and oxygen atoms in total. The summed E-state index contributed by atoms with van der Waals surface area (Å²) in [6.45, 7) is -0.174. The van der Waals surface area contributed by atoms with Crippen LogP contribution in [0.4, 0.5) is 17.6 Å². The fourth-order valence-electron chi connectivity index (χ4n) is 6.94. The van der Waals surface area contributed by atoms with Crippen molar-refractivity contribution in [2.45, 2.75) is 76.4 Å². The number of carboxylic acids is 1. The van der Waals surface area contributed by atoms with E-state index in [1.807, 2.05) is 54.6 Å². The van der Waals surface area contributed by atoms with Gasteiger partial charge in [0.25, 0.3) is 0 Å². The van der Waals surface area contributed by atoms with Crippen molar-refractivity contribution in [3.63, 3.8) is 0 Å². The van der Waals surface area contributed by atoms with Crippen LogP contribution in [0.5, 0.6) is 5.75 Å². The first-order chi connectivity index (χ1) is 24.4. The Labute approximate surface area is 293 Å². The first-order valence-electron chi connectivity index (χ1n) is 17.0. The van der Waals surface area contributed by atoms with Gasteiger partial charge in [0, 0.05) is 25.8 Å². The second-order valence-corrected chi connectivity index (χ2v) is 13.3. The van der Waals surface area contributed by atoms with Crippen molar-refractivity contribution in [2.75, 3.05) is 0 Å². The molecule has 0 saturated heterocycles. The molecule has 51 heavy (non-hydrogen) atoms. The number of hydrogen-bond acceptors (Lipinski definition) is 4. The number of nitrogens with one attached hydrogen (secondary N) is 1. The molecule has 2 amide bonds. The molecule has 4 aromatic rings. The maximum atomic E-state index is 13.9. The second kappa shape index (κ2) is 15.4. The largest absolute Gasteiger partial charge is 0.489 e. The van der Waals surface area contributed by atoms with Crippen molar-refractivity contribution in [3.05, 3.63) is 125 Å². The van der Waals surface area contributed by atoms with Gasteiger partial charge in [0.05, 0.1) is 5.56 Å². The van der Waals surface area contributed by atoms with E-state index in [1.165, 1.54) is 11.0 Å². The van der Waals surface area contributed by atoms with Gasteiger partial charge in [-0.1, -0.05) is 79.6 Å². The van der Waals surface area contributed by atoms with E-state index in [2.05, 4.69) is 5.32 Å². The number of alkyl halides is 3. The number of fused-ring (bicyclic) bond motifs is 1. The van der Waals surface area contributed by atoms with Crippen molar-refractivity contribution >= 4 is 17.8 Å². The Balaban J connectivity index is 1.18. The molecule has 1 saturated carbocycles. The summed E-state index contributed by atoms with van der Waals surface area (Å²) in [6, 6.07) is 22.8. The molecular weight excluding hydrogens is 664 g/mol. The minimum Gasteiger partial charge on any atom is -0.489 e. The van der Waals surface area contributed by atoms with Gasteiger partial charge in [-0.2, -0.15) is 13.2 Å². The van der Waals surface area contributed by atoms with Crippen molar-refractivity contribution in [1.29, 1.82) is 0 Å². The Hall–Kier alpha value is -5.19. The standard InChI is InChI=1S/C40H38F4N2O5/c41-34-17-12-27(18-33(34)40(42,43)44)24-51-32-16-15-30-22-36(46(23-31(30)21-32)37(47)20-25-6-4-5-7-25)38(48)45-35(39(49)50)19-26-10-13-29(14-11-26)28-8-2-1-3-9-28/h1-3,8-18,21,25,35-36H,4-7,19-20,22-24H2,(H,45,48)(H,49,50)/t35-,36-/m0/s1. The van der Waals surface area contributed by atoms with E-state index in [4.69, 9.17) is 4.74 Å². The maximum Gasteiger partial charge on any atom is 0.419 e. The average Bonchev–Trinajstić information content (AvgIpc) is 3.63. The van der Waals surface area contributed by atoms with Gasteiger partial charge in [0.2, 0.25) is 11.8 Å². The minimum atomic E-state index is -4.85. The zero-order valence-electron chi connectivity index (χ0n) is 27.8. The summed E-state index contributed by atoms with van der Waals surface area (Å²) in [5.74, 6) is -2.78. The van der Waals surface area contributed by atoms with E-state index in [0.29, 0.717) is 17.4 Å². The van der Waals surface area contributed by atoms with E-state index in [1.54, 1.807) is 18.2 Å². The van der Waals surface area contributed by atoms with Crippen LogP contribution in [0, 0.1) is 11.7 Å². The van der Waals surface area contributed by atoms with E-state index >= 15 is 0 Å². The van der Waals surface area contributed by atoms with Gasteiger partial charge in [-0.15, -0.1) is 0 Å². The smallest absolute Gasteiger partial charge is 0.419 e. The molecule has 1 fully saturated rings. The molecule has 1 aliphatic carbocycles. The minimum absolute atomic E-state index is 0.0503. The Morgan fingerprint density at radius 3 is 2.24 bits per heavy atom. The lowest BCUT2D eigenvalue weighted by molar-refractivity contribution is -0.145. The predicted octanol–water partition coefficient (Wildman–Crippen LogP) is 7.74. The quantitative estimate of drug-likeness (QED) is 0.156. The Morgan fingerprint density at radius 1 is 0.863 bits per heavy atom. The molecule has 0 aromatic heterocycles. The van der Waals surface area contributed by atoms with E-state index in [0.717, 1.165) is 54.0 Å². The highest BCUT2D eigenvalue weighted by Gasteiger charge is 2.38. The number of carbonyl (C=O) groups excluding carboxylic acids is 2. The third-order valence-electron chi connectivity index (χ3n) is 9.73. The lowest BCUT2D eigenvalue weighted by atomic mass is 9.91. The summed E-state index contributed by atoms with van der Waals surface area (Å²) >= 11 is 0. The number of amides is 2. The summed E-state index contributed by atoms with van der Waals surface area (Å²) in [5, 5.41) is 12.8. The molecular formula is C40H38F4N2O5. The summed E-state index contributed by atoms with van der Waals surface area (Å²) in [6.07, 6.45) is -0.451. The summed E-state index contributed by atoms with van der Waals surface area (Å²) in [5.41, 5.74) is 2.96. The number of halogens is 4. The fourth-order valence-corrected chi connectivity index (χ4v) is 6.94. The molecule has 1 heterocycles. The maximum absolute atomic E-state index is 13.9. The van der Waals surface area contributed by atoms with Crippen molar-refractivity contribution in [2.24, 2.45) is 5.92 Å².